The van der Waals surface area contributed by atoms with Crippen LogP contribution in [-0.2, 0) is 10.0 Å². The van der Waals surface area contributed by atoms with Crippen LogP contribution in [0.1, 0.15) is 39.2 Å². The highest BCUT2D eigenvalue weighted by molar-refractivity contribution is 7.92. The Morgan fingerprint density at radius 1 is 1.00 bits per heavy atom. The maximum atomic E-state index is 13.6. The van der Waals surface area contributed by atoms with Crippen molar-refractivity contribution in [1.29, 1.82) is 0 Å². The molecule has 1 fully saturated rings. The van der Waals surface area contributed by atoms with E-state index < -0.39 is 32.5 Å². The Kier molecular flexibility index (Phi) is 6.64. The number of hydrogen-bond donors (Lipinski definition) is 2. The lowest BCUT2D eigenvalue weighted by Crippen LogP contribution is -2.22. The standard InChI is InChI=1S/C24H25F2N3O3S2/c1-14-12-15(2)22(29-9-4-5-10-29)16(3)21(14)27-24(30)23-20(8-11-33-23)28-34(31,32)17-6-7-18(25)19(26)13-17/h6-8,11-13,28H,4-5,9-10H2,1-3H3,(H,27,30). The number of nitrogens with one attached hydrogen (secondary N) is 2. The van der Waals surface area contributed by atoms with Crippen LogP contribution in [0.3, 0.4) is 0 Å². The number of aryl methyl sites for hydroxylation is 2. The van der Waals surface area contributed by atoms with Crippen molar-refractivity contribution in [2.75, 3.05) is 28.0 Å². The molecule has 1 aliphatic rings. The van der Waals surface area contributed by atoms with E-state index in [1.807, 2.05) is 19.9 Å². The predicted molar refractivity (Wildman–Crippen MR) is 132 cm³/mol. The summed E-state index contributed by atoms with van der Waals surface area (Å²) >= 11 is 1.08. The van der Waals surface area contributed by atoms with Crippen LogP contribution >= 0.6 is 11.3 Å². The fourth-order valence-electron chi connectivity index (χ4n) is 4.38. The highest BCUT2D eigenvalue weighted by atomic mass is 32.2. The van der Waals surface area contributed by atoms with Crippen LogP contribution in [-0.4, -0.2) is 27.4 Å². The van der Waals surface area contributed by atoms with Gasteiger partial charge in [-0.25, -0.2) is 17.2 Å². The van der Waals surface area contributed by atoms with Crippen molar-refractivity contribution in [3.8, 4) is 0 Å². The zero-order valence-corrected chi connectivity index (χ0v) is 20.7. The summed E-state index contributed by atoms with van der Waals surface area (Å²) in [6.07, 6.45) is 2.26. The highest BCUT2D eigenvalue weighted by Crippen LogP contribution is 2.36. The molecule has 1 aromatic heterocycles. The van der Waals surface area contributed by atoms with E-state index >= 15 is 0 Å². The first kappa shape index (κ1) is 24.2. The number of carbonyl (C=O) groups excluding carboxylic acids is 1. The minimum atomic E-state index is -4.23. The van der Waals surface area contributed by atoms with Gasteiger partial charge in [-0.1, -0.05) is 6.07 Å². The van der Waals surface area contributed by atoms with E-state index in [2.05, 4.69) is 21.9 Å². The third kappa shape index (κ3) is 4.65. The SMILES string of the molecule is Cc1cc(C)c(N2CCCC2)c(C)c1NC(=O)c1sccc1NS(=O)(=O)c1ccc(F)c(F)c1. The van der Waals surface area contributed by atoms with Crippen LogP contribution in [0.25, 0.3) is 0 Å². The molecule has 2 N–H and O–H groups in total. The molecule has 0 unspecified atom stereocenters. The maximum absolute atomic E-state index is 13.6. The number of nitrogens with zero attached hydrogens (tertiary/aromatic N) is 1. The summed E-state index contributed by atoms with van der Waals surface area (Å²) in [5.41, 5.74) is 4.89. The lowest BCUT2D eigenvalue weighted by Gasteiger charge is -2.26. The van der Waals surface area contributed by atoms with Crippen LogP contribution in [0, 0.1) is 32.4 Å². The molecule has 0 aliphatic carbocycles. The van der Waals surface area contributed by atoms with Crippen molar-refractivity contribution >= 4 is 44.3 Å². The molecule has 10 heteroatoms. The van der Waals surface area contributed by atoms with E-state index in [-0.39, 0.29) is 10.6 Å². The number of thiophene rings is 1. The number of halogens is 2. The van der Waals surface area contributed by atoms with Gasteiger partial charge in [-0.05, 0) is 79.9 Å². The van der Waals surface area contributed by atoms with Crippen molar-refractivity contribution in [3.63, 3.8) is 0 Å². The number of amides is 1. The van der Waals surface area contributed by atoms with Gasteiger partial charge in [0.25, 0.3) is 15.9 Å². The van der Waals surface area contributed by atoms with Crippen LogP contribution < -0.4 is 14.9 Å². The minimum Gasteiger partial charge on any atom is -0.371 e. The fourth-order valence-corrected chi connectivity index (χ4v) is 6.27. The molecule has 0 radical (unpaired) electrons. The summed E-state index contributed by atoms with van der Waals surface area (Å²) in [6, 6.07) is 5.80. The Morgan fingerprint density at radius 3 is 2.38 bits per heavy atom. The Balaban J connectivity index is 1.61. The summed E-state index contributed by atoms with van der Waals surface area (Å²) in [5, 5.41) is 4.54. The molecule has 1 aliphatic heterocycles. The topological polar surface area (TPSA) is 78.5 Å². The van der Waals surface area contributed by atoms with Crippen molar-refractivity contribution in [2.45, 2.75) is 38.5 Å². The molecule has 6 nitrogen and oxygen atoms in total. The molecule has 1 amide bonds. The molecule has 180 valence electrons. The van der Waals surface area contributed by atoms with Crippen molar-refractivity contribution in [1.82, 2.24) is 0 Å². The van der Waals surface area contributed by atoms with E-state index in [9.17, 15) is 22.0 Å². The molecule has 2 heterocycles. The van der Waals surface area contributed by atoms with Crippen molar-refractivity contribution in [2.24, 2.45) is 0 Å². The number of rotatable bonds is 6. The molecule has 0 saturated carbocycles. The zero-order valence-electron chi connectivity index (χ0n) is 19.0. The molecular weight excluding hydrogens is 480 g/mol. The third-order valence-corrected chi connectivity index (χ3v) is 8.19. The normalized spacial score (nSPS) is 13.9. The van der Waals surface area contributed by atoms with Gasteiger partial charge in [0, 0.05) is 24.5 Å². The average Bonchev–Trinajstić information content (AvgIpc) is 3.45. The lowest BCUT2D eigenvalue weighted by atomic mass is 10.0. The van der Waals surface area contributed by atoms with Crippen molar-refractivity contribution < 1.29 is 22.0 Å². The molecule has 3 aromatic rings. The van der Waals surface area contributed by atoms with Gasteiger partial charge < -0.3 is 10.2 Å². The monoisotopic (exact) mass is 505 g/mol. The van der Waals surface area contributed by atoms with Gasteiger partial charge in [0.15, 0.2) is 11.6 Å². The van der Waals surface area contributed by atoms with Gasteiger partial charge in [-0.2, -0.15) is 0 Å². The summed E-state index contributed by atoms with van der Waals surface area (Å²) in [6.45, 7) is 7.90. The first-order chi connectivity index (χ1) is 16.1. The predicted octanol–water partition coefficient (Wildman–Crippen LogP) is 5.60. The summed E-state index contributed by atoms with van der Waals surface area (Å²) < 4.78 is 54.5. The van der Waals surface area contributed by atoms with E-state index in [4.69, 9.17) is 0 Å². The number of benzene rings is 2. The van der Waals surface area contributed by atoms with Crippen LogP contribution in [0.5, 0.6) is 0 Å². The number of hydrogen-bond acceptors (Lipinski definition) is 5. The number of anilines is 3. The largest absolute Gasteiger partial charge is 0.371 e. The fraction of sp³-hybridized carbons (Fsp3) is 0.292. The van der Waals surface area contributed by atoms with Crippen LogP contribution in [0.4, 0.5) is 25.8 Å². The number of carbonyl (C=O) groups is 1. The number of sulfonamides is 1. The van der Waals surface area contributed by atoms with Gasteiger partial charge >= 0.3 is 0 Å². The lowest BCUT2D eigenvalue weighted by molar-refractivity contribution is 0.103. The second kappa shape index (κ2) is 9.34. The average molecular weight is 506 g/mol. The maximum Gasteiger partial charge on any atom is 0.267 e. The van der Waals surface area contributed by atoms with Gasteiger partial charge in [0.2, 0.25) is 0 Å². The van der Waals surface area contributed by atoms with Gasteiger partial charge in [-0.15, -0.1) is 11.3 Å². The van der Waals surface area contributed by atoms with Crippen molar-refractivity contribution in [3.05, 3.63) is 68.9 Å². The molecular formula is C24H25F2N3O3S2. The minimum absolute atomic E-state index is 0.0643. The molecule has 4 rings (SSSR count). The van der Waals surface area contributed by atoms with Crippen LogP contribution in [0.2, 0.25) is 0 Å². The van der Waals surface area contributed by atoms with E-state index in [0.717, 1.165) is 71.8 Å². The molecule has 0 spiro atoms. The molecule has 0 atom stereocenters. The molecule has 1 saturated heterocycles. The molecule has 2 aromatic carbocycles. The highest BCUT2D eigenvalue weighted by Gasteiger charge is 2.24. The first-order valence-electron chi connectivity index (χ1n) is 10.8. The van der Waals surface area contributed by atoms with Crippen LogP contribution in [0.15, 0.2) is 40.6 Å². The Labute approximate surface area is 201 Å². The van der Waals surface area contributed by atoms with Gasteiger partial charge in [0.05, 0.1) is 10.6 Å². The quantitative estimate of drug-likeness (QED) is 0.457. The van der Waals surface area contributed by atoms with E-state index in [1.165, 1.54) is 6.07 Å². The Bertz CT molecular complexity index is 1360. The second-order valence-electron chi connectivity index (χ2n) is 8.35. The third-order valence-electron chi connectivity index (χ3n) is 5.91. The van der Waals surface area contributed by atoms with Gasteiger partial charge in [-0.3, -0.25) is 9.52 Å². The second-order valence-corrected chi connectivity index (χ2v) is 11.0. The molecule has 0 bridgehead atoms. The summed E-state index contributed by atoms with van der Waals surface area (Å²) in [4.78, 5) is 15.2. The summed E-state index contributed by atoms with van der Waals surface area (Å²) in [7, 11) is -4.23. The summed E-state index contributed by atoms with van der Waals surface area (Å²) in [5.74, 6) is -2.88. The Hall–Kier alpha value is -2.98. The zero-order chi connectivity index (χ0) is 24.6. The van der Waals surface area contributed by atoms with Gasteiger partial charge in [0.1, 0.15) is 4.88 Å². The smallest absolute Gasteiger partial charge is 0.267 e. The van der Waals surface area contributed by atoms with E-state index in [1.54, 1.807) is 5.38 Å². The Morgan fingerprint density at radius 2 is 1.71 bits per heavy atom. The first-order valence-corrected chi connectivity index (χ1v) is 13.2. The molecule has 34 heavy (non-hydrogen) atoms. The van der Waals surface area contributed by atoms with E-state index in [0.29, 0.717) is 11.8 Å².